The molecule has 1 rings (SSSR count). The number of nitrogens with two attached hydrogens (primary N) is 1. The maximum Gasteiger partial charge on any atom is 0.0762 e. The third kappa shape index (κ3) is 2.27. The molecule has 0 aliphatic heterocycles. The molecule has 2 nitrogen and oxygen atoms in total. The van der Waals surface area contributed by atoms with Crippen LogP contribution in [0.3, 0.4) is 0 Å². The minimum atomic E-state index is 0.232. The van der Waals surface area contributed by atoms with E-state index < -0.39 is 0 Å². The fraction of sp³-hybridized carbons (Fsp3) is 1.00. The lowest BCUT2D eigenvalue weighted by Gasteiger charge is -2.13. The van der Waals surface area contributed by atoms with E-state index in [1.165, 1.54) is 12.8 Å². The van der Waals surface area contributed by atoms with Crippen molar-refractivity contribution in [2.75, 3.05) is 0 Å². The first-order chi connectivity index (χ1) is 4.74. The summed E-state index contributed by atoms with van der Waals surface area (Å²) < 4.78 is 0. The first kappa shape index (κ1) is 8.02. The highest BCUT2D eigenvalue weighted by Gasteiger charge is 2.28. The number of hydrogen-bond acceptors (Lipinski definition) is 2. The van der Waals surface area contributed by atoms with Crippen LogP contribution in [0.5, 0.6) is 0 Å². The van der Waals surface area contributed by atoms with E-state index in [0.717, 1.165) is 18.3 Å². The summed E-state index contributed by atoms with van der Waals surface area (Å²) in [6.07, 6.45) is 4.17. The topological polar surface area (TPSA) is 35.2 Å². The zero-order valence-electron chi connectivity index (χ0n) is 6.84. The Bertz CT molecular complexity index is 101. The molecule has 1 aliphatic carbocycles. The van der Waals surface area contributed by atoms with Crippen molar-refractivity contribution in [1.29, 1.82) is 0 Å². The van der Waals surface area contributed by atoms with Crippen LogP contribution in [0.25, 0.3) is 0 Å². The fourth-order valence-corrected chi connectivity index (χ4v) is 1.44. The molecule has 0 aromatic rings. The lowest BCUT2D eigenvalue weighted by molar-refractivity contribution is 0.0482. The molecule has 1 fully saturated rings. The SMILES string of the molecule is CC(CC(C)C1CC1)ON. The molecule has 10 heavy (non-hydrogen) atoms. The molecular weight excluding hydrogens is 126 g/mol. The molecule has 2 unspecified atom stereocenters. The molecule has 0 amide bonds. The van der Waals surface area contributed by atoms with Gasteiger partial charge in [0.1, 0.15) is 0 Å². The minimum Gasteiger partial charge on any atom is -0.302 e. The Morgan fingerprint density at radius 2 is 2.10 bits per heavy atom. The van der Waals surface area contributed by atoms with Crippen molar-refractivity contribution in [3.8, 4) is 0 Å². The average Bonchev–Trinajstić information content (AvgIpc) is 2.68. The molecule has 0 aromatic heterocycles. The third-order valence-electron chi connectivity index (χ3n) is 2.36. The summed E-state index contributed by atoms with van der Waals surface area (Å²) in [6.45, 7) is 4.31. The highest BCUT2D eigenvalue weighted by molar-refractivity contribution is 4.79. The van der Waals surface area contributed by atoms with Gasteiger partial charge in [-0.3, -0.25) is 0 Å². The van der Waals surface area contributed by atoms with E-state index in [4.69, 9.17) is 10.7 Å². The first-order valence-electron chi connectivity index (χ1n) is 4.09. The van der Waals surface area contributed by atoms with Crippen LogP contribution in [0.2, 0.25) is 0 Å². The fourth-order valence-electron chi connectivity index (χ4n) is 1.44. The Hall–Kier alpha value is -0.0800. The van der Waals surface area contributed by atoms with Crippen LogP contribution >= 0.6 is 0 Å². The summed E-state index contributed by atoms with van der Waals surface area (Å²) >= 11 is 0. The monoisotopic (exact) mass is 143 g/mol. The smallest absolute Gasteiger partial charge is 0.0762 e. The van der Waals surface area contributed by atoms with Crippen molar-refractivity contribution in [1.82, 2.24) is 0 Å². The second-order valence-electron chi connectivity index (χ2n) is 3.50. The Balaban J connectivity index is 2.10. The van der Waals surface area contributed by atoms with Gasteiger partial charge in [0.2, 0.25) is 0 Å². The number of hydrogen-bond donors (Lipinski definition) is 1. The van der Waals surface area contributed by atoms with Crippen LogP contribution in [0, 0.1) is 11.8 Å². The van der Waals surface area contributed by atoms with Crippen LogP contribution < -0.4 is 5.90 Å². The molecule has 0 radical (unpaired) electrons. The molecule has 0 saturated heterocycles. The molecule has 1 aliphatic rings. The quantitative estimate of drug-likeness (QED) is 0.608. The van der Waals surface area contributed by atoms with Gasteiger partial charge in [-0.15, -0.1) is 0 Å². The summed E-state index contributed by atoms with van der Waals surface area (Å²) in [5, 5.41) is 0. The van der Waals surface area contributed by atoms with Gasteiger partial charge in [0.25, 0.3) is 0 Å². The zero-order valence-corrected chi connectivity index (χ0v) is 6.84. The lowest BCUT2D eigenvalue weighted by Crippen LogP contribution is -2.17. The van der Waals surface area contributed by atoms with E-state index in [9.17, 15) is 0 Å². The van der Waals surface area contributed by atoms with Gasteiger partial charge in [-0.05, 0) is 38.0 Å². The molecule has 1 saturated carbocycles. The third-order valence-corrected chi connectivity index (χ3v) is 2.36. The standard InChI is InChI=1S/C8H17NO/c1-6(8-3-4-8)5-7(2)10-9/h6-8H,3-5,9H2,1-2H3. The van der Waals surface area contributed by atoms with E-state index >= 15 is 0 Å². The summed E-state index contributed by atoms with van der Waals surface area (Å²) in [5.41, 5.74) is 0. The maximum absolute atomic E-state index is 5.04. The number of rotatable bonds is 4. The average molecular weight is 143 g/mol. The summed E-state index contributed by atoms with van der Waals surface area (Å²) in [5.74, 6) is 6.82. The molecular formula is C8H17NO. The second kappa shape index (κ2) is 3.35. The normalized spacial score (nSPS) is 24.3. The Kier molecular flexibility index (Phi) is 2.69. The van der Waals surface area contributed by atoms with Gasteiger partial charge in [0.15, 0.2) is 0 Å². The van der Waals surface area contributed by atoms with Crippen molar-refractivity contribution in [2.45, 2.75) is 39.2 Å². The molecule has 0 bridgehead atoms. The summed E-state index contributed by atoms with van der Waals surface area (Å²) in [4.78, 5) is 4.70. The van der Waals surface area contributed by atoms with Gasteiger partial charge >= 0.3 is 0 Å². The van der Waals surface area contributed by atoms with Crippen LogP contribution in [0.1, 0.15) is 33.1 Å². The van der Waals surface area contributed by atoms with Crippen LogP contribution in [-0.4, -0.2) is 6.10 Å². The van der Waals surface area contributed by atoms with Gasteiger partial charge in [-0.2, -0.15) is 0 Å². The molecule has 0 heterocycles. The second-order valence-corrected chi connectivity index (χ2v) is 3.50. The summed E-state index contributed by atoms with van der Waals surface area (Å²) in [6, 6.07) is 0. The molecule has 2 heteroatoms. The van der Waals surface area contributed by atoms with Crippen molar-refractivity contribution >= 4 is 0 Å². The molecule has 2 N–H and O–H groups in total. The van der Waals surface area contributed by atoms with Gasteiger partial charge in [-0.1, -0.05) is 6.92 Å². The zero-order chi connectivity index (χ0) is 7.56. The molecule has 2 atom stereocenters. The summed E-state index contributed by atoms with van der Waals surface area (Å²) in [7, 11) is 0. The molecule has 0 spiro atoms. The van der Waals surface area contributed by atoms with E-state index in [-0.39, 0.29) is 6.10 Å². The Morgan fingerprint density at radius 3 is 2.50 bits per heavy atom. The molecule has 0 aromatic carbocycles. The van der Waals surface area contributed by atoms with Crippen LogP contribution in [-0.2, 0) is 4.84 Å². The predicted octanol–water partition coefficient (Wildman–Crippen LogP) is 1.70. The Morgan fingerprint density at radius 1 is 1.50 bits per heavy atom. The molecule has 60 valence electrons. The maximum atomic E-state index is 5.04. The van der Waals surface area contributed by atoms with E-state index in [1.807, 2.05) is 6.92 Å². The van der Waals surface area contributed by atoms with Crippen LogP contribution in [0.15, 0.2) is 0 Å². The van der Waals surface area contributed by atoms with E-state index in [2.05, 4.69) is 6.92 Å². The van der Waals surface area contributed by atoms with Gasteiger partial charge < -0.3 is 4.84 Å². The van der Waals surface area contributed by atoms with Crippen molar-refractivity contribution in [3.63, 3.8) is 0 Å². The predicted molar refractivity (Wildman–Crippen MR) is 41.2 cm³/mol. The first-order valence-corrected chi connectivity index (χ1v) is 4.09. The van der Waals surface area contributed by atoms with Gasteiger partial charge in [0.05, 0.1) is 6.10 Å². The highest BCUT2D eigenvalue weighted by Crippen LogP contribution is 2.38. The van der Waals surface area contributed by atoms with E-state index in [1.54, 1.807) is 0 Å². The van der Waals surface area contributed by atoms with E-state index in [0.29, 0.717) is 0 Å². The van der Waals surface area contributed by atoms with Crippen LogP contribution in [0.4, 0.5) is 0 Å². The van der Waals surface area contributed by atoms with Gasteiger partial charge in [0, 0.05) is 0 Å². The highest BCUT2D eigenvalue weighted by atomic mass is 16.6. The van der Waals surface area contributed by atoms with Gasteiger partial charge in [-0.25, -0.2) is 5.90 Å². The Labute approximate surface area is 62.7 Å². The lowest BCUT2D eigenvalue weighted by atomic mass is 9.99. The van der Waals surface area contributed by atoms with Crippen molar-refractivity contribution in [3.05, 3.63) is 0 Å². The largest absolute Gasteiger partial charge is 0.302 e. The minimum absolute atomic E-state index is 0.232. The van der Waals surface area contributed by atoms with Crippen molar-refractivity contribution in [2.24, 2.45) is 17.7 Å². The van der Waals surface area contributed by atoms with Crippen molar-refractivity contribution < 1.29 is 4.84 Å².